The van der Waals surface area contributed by atoms with E-state index in [1.54, 1.807) is 13.0 Å². The topological polar surface area (TPSA) is 105 Å². The van der Waals surface area contributed by atoms with Gasteiger partial charge in [-0.25, -0.2) is 12.8 Å². The molecule has 1 aliphatic heterocycles. The standard InChI is InChI=1S/C24H30FN3O6S/c1-4-12-26-24(30)17(3)27(14-18-6-8-19(25)9-7-18)23(29)15-28(35(31,32)5-2)20-10-11-21-22(13-20)34-16-33-21/h6-11,13,17H,4-5,12,14-16H2,1-3H3,(H,26,30)/t17-/m1/s1. The van der Waals surface area contributed by atoms with Crippen molar-refractivity contribution in [2.45, 2.75) is 39.8 Å². The summed E-state index contributed by atoms with van der Waals surface area (Å²) in [6.45, 7) is 4.90. The number of nitrogens with zero attached hydrogens (tertiary/aromatic N) is 2. The van der Waals surface area contributed by atoms with Gasteiger partial charge in [-0.1, -0.05) is 19.1 Å². The normalized spacial score (nSPS) is 13.3. The Bertz CT molecular complexity index is 1160. The molecule has 9 nitrogen and oxygen atoms in total. The van der Waals surface area contributed by atoms with Gasteiger partial charge in [0.1, 0.15) is 18.4 Å². The monoisotopic (exact) mass is 507 g/mol. The van der Waals surface area contributed by atoms with Crippen molar-refractivity contribution in [2.75, 3.05) is 29.9 Å². The number of fused-ring (bicyclic) bond motifs is 1. The molecular formula is C24H30FN3O6S. The molecular weight excluding hydrogens is 477 g/mol. The Balaban J connectivity index is 1.92. The van der Waals surface area contributed by atoms with E-state index in [0.29, 0.717) is 23.6 Å². The Labute approximate surface area is 204 Å². The lowest BCUT2D eigenvalue weighted by atomic mass is 10.1. The quantitative estimate of drug-likeness (QED) is 0.501. The zero-order valence-corrected chi connectivity index (χ0v) is 20.8. The number of carbonyl (C=O) groups excluding carboxylic acids is 2. The maximum Gasteiger partial charge on any atom is 0.244 e. The van der Waals surface area contributed by atoms with Gasteiger partial charge in [-0.3, -0.25) is 13.9 Å². The van der Waals surface area contributed by atoms with E-state index >= 15 is 0 Å². The van der Waals surface area contributed by atoms with Crippen LogP contribution in [0.25, 0.3) is 0 Å². The fourth-order valence-electron chi connectivity index (χ4n) is 3.53. The lowest BCUT2D eigenvalue weighted by Crippen LogP contribution is -2.51. The van der Waals surface area contributed by atoms with Gasteiger partial charge in [0.15, 0.2) is 11.5 Å². The zero-order valence-electron chi connectivity index (χ0n) is 20.0. The summed E-state index contributed by atoms with van der Waals surface area (Å²) in [6, 6.07) is 9.30. The second-order valence-corrected chi connectivity index (χ2v) is 10.2. The largest absolute Gasteiger partial charge is 0.454 e. The number of amides is 2. The minimum atomic E-state index is -3.86. The fraction of sp³-hybridized carbons (Fsp3) is 0.417. The van der Waals surface area contributed by atoms with Gasteiger partial charge in [0.25, 0.3) is 0 Å². The van der Waals surface area contributed by atoms with Crippen molar-refractivity contribution in [2.24, 2.45) is 0 Å². The molecule has 0 aliphatic carbocycles. The molecule has 35 heavy (non-hydrogen) atoms. The summed E-state index contributed by atoms with van der Waals surface area (Å²) in [4.78, 5) is 27.5. The van der Waals surface area contributed by atoms with Crippen LogP contribution >= 0.6 is 0 Å². The highest BCUT2D eigenvalue weighted by atomic mass is 32.2. The molecule has 3 rings (SSSR count). The predicted molar refractivity (Wildman–Crippen MR) is 129 cm³/mol. The number of halogens is 1. The summed E-state index contributed by atoms with van der Waals surface area (Å²) in [5.74, 6) is -0.754. The third-order valence-corrected chi connectivity index (χ3v) is 7.35. The van der Waals surface area contributed by atoms with E-state index in [2.05, 4.69) is 5.32 Å². The van der Waals surface area contributed by atoms with Crippen molar-refractivity contribution in [3.63, 3.8) is 0 Å². The summed E-state index contributed by atoms with van der Waals surface area (Å²) in [5.41, 5.74) is 0.845. The number of carbonyl (C=O) groups is 2. The summed E-state index contributed by atoms with van der Waals surface area (Å²) >= 11 is 0. The first-order valence-electron chi connectivity index (χ1n) is 11.4. The Kier molecular flexibility index (Phi) is 8.55. The van der Waals surface area contributed by atoms with E-state index in [1.807, 2.05) is 6.92 Å². The zero-order chi connectivity index (χ0) is 25.6. The highest BCUT2D eigenvalue weighted by molar-refractivity contribution is 7.92. The lowest BCUT2D eigenvalue weighted by Gasteiger charge is -2.32. The Morgan fingerprint density at radius 3 is 2.43 bits per heavy atom. The van der Waals surface area contributed by atoms with Crippen LogP contribution < -0.4 is 19.1 Å². The van der Waals surface area contributed by atoms with Gasteiger partial charge in [-0.15, -0.1) is 0 Å². The molecule has 2 aromatic rings. The molecule has 0 aromatic heterocycles. The average Bonchev–Trinajstić information content (AvgIpc) is 3.32. The van der Waals surface area contributed by atoms with Crippen LogP contribution in [0.3, 0.4) is 0 Å². The number of rotatable bonds is 11. The molecule has 0 radical (unpaired) electrons. The molecule has 1 N–H and O–H groups in total. The molecule has 0 saturated heterocycles. The first-order chi connectivity index (χ1) is 16.7. The van der Waals surface area contributed by atoms with Crippen LogP contribution in [0.15, 0.2) is 42.5 Å². The molecule has 2 amide bonds. The Hall–Kier alpha value is -3.34. The van der Waals surface area contributed by atoms with Crippen molar-refractivity contribution < 1.29 is 31.9 Å². The van der Waals surface area contributed by atoms with Crippen molar-refractivity contribution in [1.29, 1.82) is 0 Å². The smallest absolute Gasteiger partial charge is 0.244 e. The third kappa shape index (κ3) is 6.41. The average molecular weight is 508 g/mol. The number of ether oxygens (including phenoxy) is 2. The molecule has 0 unspecified atom stereocenters. The van der Waals surface area contributed by atoms with Crippen LogP contribution in [0.1, 0.15) is 32.8 Å². The molecule has 0 saturated carbocycles. The number of anilines is 1. The summed E-state index contributed by atoms with van der Waals surface area (Å²) in [6.07, 6.45) is 0.719. The number of hydrogen-bond acceptors (Lipinski definition) is 6. The maximum atomic E-state index is 13.5. The highest BCUT2D eigenvalue weighted by Gasteiger charge is 2.31. The van der Waals surface area contributed by atoms with Crippen molar-refractivity contribution in [3.8, 4) is 11.5 Å². The Morgan fingerprint density at radius 2 is 1.77 bits per heavy atom. The minimum Gasteiger partial charge on any atom is -0.454 e. The summed E-state index contributed by atoms with van der Waals surface area (Å²) in [7, 11) is -3.86. The number of nitrogens with one attached hydrogen (secondary N) is 1. The van der Waals surface area contributed by atoms with Gasteiger partial charge in [0, 0.05) is 19.2 Å². The number of sulfonamides is 1. The minimum absolute atomic E-state index is 0.000969. The van der Waals surface area contributed by atoms with Crippen molar-refractivity contribution in [3.05, 3.63) is 53.8 Å². The number of benzene rings is 2. The highest BCUT2D eigenvalue weighted by Crippen LogP contribution is 2.36. The second kappa shape index (κ2) is 11.4. The van der Waals surface area contributed by atoms with Gasteiger partial charge in [-0.05, 0) is 50.1 Å². The van der Waals surface area contributed by atoms with E-state index in [0.717, 1.165) is 10.7 Å². The van der Waals surface area contributed by atoms with E-state index < -0.39 is 34.3 Å². The first-order valence-corrected chi connectivity index (χ1v) is 13.0. The van der Waals surface area contributed by atoms with E-state index in [4.69, 9.17) is 9.47 Å². The molecule has 0 fully saturated rings. The van der Waals surface area contributed by atoms with Crippen LogP contribution in [-0.2, 0) is 26.2 Å². The molecule has 0 bridgehead atoms. The lowest BCUT2D eigenvalue weighted by molar-refractivity contribution is -0.139. The molecule has 1 heterocycles. The predicted octanol–water partition coefficient (Wildman–Crippen LogP) is 2.65. The van der Waals surface area contributed by atoms with E-state index in [-0.39, 0.29) is 30.7 Å². The van der Waals surface area contributed by atoms with E-state index in [9.17, 15) is 22.4 Å². The third-order valence-electron chi connectivity index (χ3n) is 5.61. The fourth-order valence-corrected chi connectivity index (χ4v) is 4.58. The molecule has 2 aromatic carbocycles. The van der Waals surface area contributed by atoms with Crippen LogP contribution in [0, 0.1) is 5.82 Å². The van der Waals surface area contributed by atoms with Crippen LogP contribution in [0.4, 0.5) is 10.1 Å². The van der Waals surface area contributed by atoms with Gasteiger partial charge in [0.2, 0.25) is 28.6 Å². The summed E-state index contributed by atoms with van der Waals surface area (Å²) in [5, 5.41) is 2.76. The maximum absolute atomic E-state index is 13.5. The van der Waals surface area contributed by atoms with E-state index in [1.165, 1.54) is 48.2 Å². The van der Waals surface area contributed by atoms with Gasteiger partial charge >= 0.3 is 0 Å². The van der Waals surface area contributed by atoms with Crippen molar-refractivity contribution >= 4 is 27.5 Å². The molecule has 190 valence electrons. The first kappa shape index (κ1) is 26.3. The Morgan fingerprint density at radius 1 is 1.09 bits per heavy atom. The van der Waals surface area contributed by atoms with Crippen LogP contribution in [0.5, 0.6) is 11.5 Å². The molecule has 1 atom stereocenters. The van der Waals surface area contributed by atoms with Gasteiger partial charge in [-0.2, -0.15) is 0 Å². The SMILES string of the molecule is CCCNC(=O)[C@@H](C)N(Cc1ccc(F)cc1)C(=O)CN(c1ccc2c(c1)OCO2)S(=O)(=O)CC. The molecule has 0 spiro atoms. The van der Waals surface area contributed by atoms with Crippen molar-refractivity contribution in [1.82, 2.24) is 10.2 Å². The second-order valence-electron chi connectivity index (χ2n) is 8.06. The van der Waals surface area contributed by atoms with Crippen LogP contribution in [-0.4, -0.2) is 56.8 Å². The summed E-state index contributed by atoms with van der Waals surface area (Å²) < 4.78 is 51.0. The molecule has 1 aliphatic rings. The van der Waals surface area contributed by atoms with Gasteiger partial charge in [0.05, 0.1) is 11.4 Å². The number of hydrogen-bond donors (Lipinski definition) is 1. The van der Waals surface area contributed by atoms with Crippen LogP contribution in [0.2, 0.25) is 0 Å². The molecule has 11 heteroatoms. The van der Waals surface area contributed by atoms with Gasteiger partial charge < -0.3 is 19.7 Å².